The van der Waals surface area contributed by atoms with Crippen LogP contribution in [0.15, 0.2) is 42.7 Å². The number of benzene rings is 1. The molecule has 38 heavy (non-hydrogen) atoms. The quantitative estimate of drug-likeness (QED) is 0.399. The molecule has 3 N–H and O–H groups in total. The number of nitrogens with two attached hydrogens (primary N) is 1. The molecule has 1 saturated heterocycles. The van der Waals surface area contributed by atoms with Crippen LogP contribution in [-0.4, -0.2) is 37.3 Å². The van der Waals surface area contributed by atoms with E-state index >= 15 is 0 Å². The van der Waals surface area contributed by atoms with Gasteiger partial charge in [0.05, 0.1) is 23.0 Å². The highest BCUT2D eigenvalue weighted by Crippen LogP contribution is 2.53. The predicted molar refractivity (Wildman–Crippen MR) is 154 cm³/mol. The van der Waals surface area contributed by atoms with E-state index in [0.29, 0.717) is 22.5 Å². The van der Waals surface area contributed by atoms with Crippen molar-refractivity contribution in [3.63, 3.8) is 0 Å². The molecule has 6 rings (SSSR count). The second-order valence-electron chi connectivity index (χ2n) is 12.0. The molecule has 3 aromatic rings. The van der Waals surface area contributed by atoms with Gasteiger partial charge in [-0.05, 0) is 70.1 Å². The molecular formula is C29H35ClN6OS. The van der Waals surface area contributed by atoms with E-state index in [1.165, 1.54) is 11.1 Å². The SMILES string of the molecule is CC(C)(C)[S@@+]([O-])N[C@@H]1c2ccccc2CC12CCN(c1cnc(-c3ccnc(C4CC4)c3Cl)c(N)n1)CC2. The van der Waals surface area contributed by atoms with Gasteiger partial charge in [0.1, 0.15) is 16.3 Å². The van der Waals surface area contributed by atoms with Gasteiger partial charge in [-0.1, -0.05) is 35.9 Å². The molecule has 2 aromatic heterocycles. The van der Waals surface area contributed by atoms with E-state index in [4.69, 9.17) is 27.3 Å². The Morgan fingerprint density at radius 2 is 1.87 bits per heavy atom. The summed E-state index contributed by atoms with van der Waals surface area (Å²) in [6, 6.07) is 10.5. The molecule has 7 nitrogen and oxygen atoms in total. The van der Waals surface area contributed by atoms with Crippen LogP contribution in [0.1, 0.15) is 75.2 Å². The Morgan fingerprint density at radius 3 is 2.55 bits per heavy atom. The molecule has 200 valence electrons. The average Bonchev–Trinajstić information content (AvgIpc) is 3.69. The highest BCUT2D eigenvalue weighted by molar-refractivity contribution is 7.90. The second kappa shape index (κ2) is 9.66. The minimum absolute atomic E-state index is 0.0176. The Morgan fingerprint density at radius 1 is 1.13 bits per heavy atom. The molecule has 2 aliphatic carbocycles. The number of rotatable bonds is 5. The Hall–Kier alpha value is -2.39. The summed E-state index contributed by atoms with van der Waals surface area (Å²) in [7, 11) is 0. The van der Waals surface area contributed by atoms with Crippen LogP contribution in [-0.2, 0) is 17.8 Å². The second-order valence-corrected chi connectivity index (χ2v) is 14.3. The van der Waals surface area contributed by atoms with Crippen molar-refractivity contribution in [3.8, 4) is 11.3 Å². The van der Waals surface area contributed by atoms with Crippen LogP contribution in [0.25, 0.3) is 11.3 Å². The molecule has 2 fully saturated rings. The molecule has 3 heterocycles. The predicted octanol–water partition coefficient (Wildman–Crippen LogP) is 5.59. The Kier molecular flexibility index (Phi) is 6.58. The third-order valence-electron chi connectivity index (χ3n) is 8.31. The molecule has 1 spiro atoms. The third-order valence-corrected chi connectivity index (χ3v) is 10.3. The van der Waals surface area contributed by atoms with Crippen LogP contribution in [0.4, 0.5) is 11.6 Å². The van der Waals surface area contributed by atoms with Crippen LogP contribution in [0, 0.1) is 5.41 Å². The first-order chi connectivity index (χ1) is 18.2. The number of nitrogen functional groups attached to an aromatic ring is 1. The maximum atomic E-state index is 13.2. The van der Waals surface area contributed by atoms with Gasteiger partial charge in [-0.15, -0.1) is 4.72 Å². The summed E-state index contributed by atoms with van der Waals surface area (Å²) in [4.78, 5) is 16.2. The zero-order valence-electron chi connectivity index (χ0n) is 22.2. The van der Waals surface area contributed by atoms with Crippen molar-refractivity contribution in [2.24, 2.45) is 5.41 Å². The van der Waals surface area contributed by atoms with Crippen molar-refractivity contribution in [2.75, 3.05) is 23.7 Å². The van der Waals surface area contributed by atoms with E-state index in [0.717, 1.165) is 62.3 Å². The van der Waals surface area contributed by atoms with Crippen molar-refractivity contribution in [1.82, 2.24) is 19.7 Å². The fourth-order valence-electron chi connectivity index (χ4n) is 5.94. The summed E-state index contributed by atoms with van der Waals surface area (Å²) in [6.07, 6.45) is 8.76. The van der Waals surface area contributed by atoms with Crippen molar-refractivity contribution >= 4 is 34.6 Å². The zero-order chi connectivity index (χ0) is 26.7. The Labute approximate surface area is 232 Å². The van der Waals surface area contributed by atoms with Crippen molar-refractivity contribution < 1.29 is 4.55 Å². The summed E-state index contributed by atoms with van der Waals surface area (Å²) < 4.78 is 16.4. The van der Waals surface area contributed by atoms with E-state index in [1.807, 2.05) is 33.0 Å². The smallest absolute Gasteiger partial charge is 0.152 e. The lowest BCUT2D eigenvalue weighted by atomic mass is 9.73. The van der Waals surface area contributed by atoms with E-state index < -0.39 is 11.4 Å². The van der Waals surface area contributed by atoms with Gasteiger partial charge in [0, 0.05) is 47.5 Å². The minimum Gasteiger partial charge on any atom is -0.598 e. The maximum absolute atomic E-state index is 13.2. The summed E-state index contributed by atoms with van der Waals surface area (Å²) in [5.74, 6) is 1.61. The van der Waals surface area contributed by atoms with Crippen molar-refractivity contribution in [2.45, 2.75) is 69.6 Å². The summed E-state index contributed by atoms with van der Waals surface area (Å²) in [6.45, 7) is 7.73. The molecule has 1 aromatic carbocycles. The first kappa shape index (κ1) is 25.9. The Bertz CT molecular complexity index is 1350. The highest BCUT2D eigenvalue weighted by Gasteiger charge is 2.50. The molecular weight excluding hydrogens is 516 g/mol. The van der Waals surface area contributed by atoms with E-state index in [9.17, 15) is 4.55 Å². The van der Waals surface area contributed by atoms with Crippen LogP contribution >= 0.6 is 11.6 Å². The van der Waals surface area contributed by atoms with Gasteiger partial charge in [-0.3, -0.25) is 4.98 Å². The van der Waals surface area contributed by atoms with Crippen LogP contribution in [0.3, 0.4) is 0 Å². The largest absolute Gasteiger partial charge is 0.598 e. The summed E-state index contributed by atoms with van der Waals surface area (Å²) >= 11 is 5.55. The lowest BCUT2D eigenvalue weighted by Crippen LogP contribution is -2.49. The minimum atomic E-state index is -1.15. The number of fused-ring (bicyclic) bond motifs is 1. The monoisotopic (exact) mass is 550 g/mol. The molecule has 1 saturated carbocycles. The molecule has 0 amide bonds. The van der Waals surface area contributed by atoms with Crippen molar-refractivity contribution in [3.05, 3.63) is 64.6 Å². The third kappa shape index (κ3) is 4.66. The van der Waals surface area contributed by atoms with Crippen LogP contribution in [0.2, 0.25) is 5.02 Å². The number of anilines is 2. The first-order valence-corrected chi connectivity index (χ1v) is 15.0. The normalized spacial score (nSPS) is 21.5. The topological polar surface area (TPSA) is 103 Å². The number of pyridine rings is 1. The van der Waals surface area contributed by atoms with Crippen LogP contribution in [0.5, 0.6) is 0 Å². The van der Waals surface area contributed by atoms with E-state index in [-0.39, 0.29) is 16.2 Å². The molecule has 0 bridgehead atoms. The fraction of sp³-hybridized carbons (Fsp3) is 0.483. The average molecular weight is 551 g/mol. The molecule has 0 unspecified atom stereocenters. The number of aromatic nitrogens is 3. The molecule has 9 heteroatoms. The van der Waals surface area contributed by atoms with Gasteiger partial charge in [-0.25, -0.2) is 9.97 Å². The molecule has 3 aliphatic rings. The summed E-state index contributed by atoms with van der Waals surface area (Å²) in [5, 5.41) is 0.635. The lowest BCUT2D eigenvalue weighted by Gasteiger charge is -2.44. The number of piperidine rings is 1. The number of hydrogen-bond donors (Lipinski definition) is 2. The molecule has 2 atom stereocenters. The van der Waals surface area contributed by atoms with Gasteiger partial charge < -0.3 is 15.2 Å². The number of nitrogens with one attached hydrogen (secondary N) is 1. The van der Waals surface area contributed by atoms with Gasteiger partial charge >= 0.3 is 0 Å². The van der Waals surface area contributed by atoms with Gasteiger partial charge in [-0.2, -0.15) is 0 Å². The van der Waals surface area contributed by atoms with E-state index in [1.54, 1.807) is 6.20 Å². The highest BCUT2D eigenvalue weighted by atomic mass is 35.5. The van der Waals surface area contributed by atoms with E-state index in [2.05, 4.69) is 38.9 Å². The standard InChI is InChI=1S/C29H35ClN6OS/c1-28(2,3)38(37)35-26-20-7-5-4-6-19(20)16-29(26)11-14-36(15-12-29)22-17-33-25(27(31)34-22)21-10-13-32-24(23(21)30)18-8-9-18/h4-7,10,13,17-18,26,35H,8-9,11-12,14-16H2,1-3H3,(H2,31,34)/t26-,38-/m1/s1. The van der Waals surface area contributed by atoms with Gasteiger partial charge in [0.15, 0.2) is 5.82 Å². The first-order valence-electron chi connectivity index (χ1n) is 13.4. The van der Waals surface area contributed by atoms with Gasteiger partial charge in [0.2, 0.25) is 0 Å². The zero-order valence-corrected chi connectivity index (χ0v) is 23.8. The fourth-order valence-corrected chi connectivity index (χ4v) is 7.24. The lowest BCUT2D eigenvalue weighted by molar-refractivity contribution is 0.176. The molecule has 1 aliphatic heterocycles. The van der Waals surface area contributed by atoms with Crippen LogP contribution < -0.4 is 15.4 Å². The number of halogens is 1. The van der Waals surface area contributed by atoms with Gasteiger partial charge in [0.25, 0.3) is 0 Å². The number of nitrogens with zero attached hydrogens (tertiary/aromatic N) is 4. The maximum Gasteiger partial charge on any atom is 0.152 e. The summed E-state index contributed by atoms with van der Waals surface area (Å²) in [5.41, 5.74) is 11.4. The number of hydrogen-bond acceptors (Lipinski definition) is 7. The van der Waals surface area contributed by atoms with Crippen molar-refractivity contribution in [1.29, 1.82) is 0 Å². The Balaban J connectivity index is 1.21. The molecule has 0 radical (unpaired) electrons.